The van der Waals surface area contributed by atoms with Crippen LogP contribution in [-0.4, -0.2) is 21.1 Å². The molecule has 1 aromatic carbocycles. The number of carbonyl (C=O) groups is 1. The summed E-state index contributed by atoms with van der Waals surface area (Å²) < 4.78 is 0. The molecule has 120 valence electrons. The number of rotatable bonds is 5. The van der Waals surface area contributed by atoms with Crippen LogP contribution in [0.4, 0.5) is 17.3 Å². The quantitative estimate of drug-likeness (QED) is 0.627. The Morgan fingerprint density at radius 3 is 2.75 bits per heavy atom. The summed E-state index contributed by atoms with van der Waals surface area (Å²) in [6, 6.07) is 15.1. The van der Waals surface area contributed by atoms with Crippen LogP contribution in [0.1, 0.15) is 5.69 Å². The van der Waals surface area contributed by atoms with E-state index in [2.05, 4.69) is 32.4 Å². The number of aryl methyl sites for hydroxylation is 1. The minimum atomic E-state index is -0.246. The molecule has 0 atom stereocenters. The third-order valence-electron chi connectivity index (χ3n) is 3.32. The molecule has 6 nitrogen and oxygen atoms in total. The Morgan fingerprint density at radius 1 is 1.17 bits per heavy atom. The van der Waals surface area contributed by atoms with Crippen LogP contribution in [0.3, 0.4) is 0 Å². The second-order valence-electron chi connectivity index (χ2n) is 5.24. The third kappa shape index (κ3) is 3.67. The number of nitrogens with one attached hydrogen (secondary N) is 3. The van der Waals surface area contributed by atoms with Gasteiger partial charge in [-0.15, -0.1) is 0 Å². The van der Waals surface area contributed by atoms with Crippen LogP contribution in [-0.2, 0) is 4.79 Å². The lowest BCUT2D eigenvalue weighted by atomic mass is 10.1. The van der Waals surface area contributed by atoms with Crippen LogP contribution in [0.5, 0.6) is 0 Å². The van der Waals surface area contributed by atoms with Gasteiger partial charge >= 0.3 is 0 Å². The van der Waals surface area contributed by atoms with Crippen molar-refractivity contribution in [2.45, 2.75) is 6.92 Å². The maximum Gasteiger partial charge on any atom is 0.247 e. The van der Waals surface area contributed by atoms with E-state index in [1.165, 1.54) is 6.08 Å². The molecule has 0 spiro atoms. The highest BCUT2D eigenvalue weighted by Crippen LogP contribution is 2.23. The fourth-order valence-corrected chi connectivity index (χ4v) is 2.23. The molecule has 24 heavy (non-hydrogen) atoms. The number of carbonyl (C=O) groups excluding carboxylic acids is 1. The minimum Gasteiger partial charge on any atom is -0.323 e. The summed E-state index contributed by atoms with van der Waals surface area (Å²) in [6.45, 7) is 5.39. The molecule has 0 fully saturated rings. The molecule has 0 aliphatic rings. The van der Waals surface area contributed by atoms with Gasteiger partial charge in [-0.2, -0.15) is 5.10 Å². The Kier molecular flexibility index (Phi) is 4.38. The van der Waals surface area contributed by atoms with E-state index in [1.54, 1.807) is 0 Å². The molecule has 1 amide bonds. The molecule has 0 unspecified atom stereocenters. The van der Waals surface area contributed by atoms with Gasteiger partial charge in [-0.3, -0.25) is 9.89 Å². The van der Waals surface area contributed by atoms with Gasteiger partial charge in [0.1, 0.15) is 5.82 Å². The monoisotopic (exact) mass is 319 g/mol. The topological polar surface area (TPSA) is 82.7 Å². The second kappa shape index (κ2) is 6.78. The maximum absolute atomic E-state index is 11.4. The van der Waals surface area contributed by atoms with Crippen molar-refractivity contribution in [1.82, 2.24) is 15.2 Å². The predicted molar refractivity (Wildman–Crippen MR) is 95.1 cm³/mol. The zero-order chi connectivity index (χ0) is 16.9. The summed E-state index contributed by atoms with van der Waals surface area (Å²) >= 11 is 0. The summed E-state index contributed by atoms with van der Waals surface area (Å²) in [7, 11) is 0. The number of hydrogen-bond acceptors (Lipinski definition) is 4. The first-order valence-electron chi connectivity index (χ1n) is 7.44. The van der Waals surface area contributed by atoms with Gasteiger partial charge in [-0.25, -0.2) is 4.98 Å². The Balaban J connectivity index is 1.84. The van der Waals surface area contributed by atoms with Crippen molar-refractivity contribution in [3.8, 4) is 11.3 Å². The number of anilines is 3. The van der Waals surface area contributed by atoms with Crippen molar-refractivity contribution in [1.29, 1.82) is 0 Å². The van der Waals surface area contributed by atoms with Crippen LogP contribution < -0.4 is 10.6 Å². The fraction of sp³-hybridized carbons (Fsp3) is 0.0556. The first-order chi connectivity index (χ1) is 11.6. The van der Waals surface area contributed by atoms with Gasteiger partial charge in [0.15, 0.2) is 5.82 Å². The van der Waals surface area contributed by atoms with E-state index in [9.17, 15) is 4.79 Å². The molecule has 3 N–H and O–H groups in total. The van der Waals surface area contributed by atoms with Gasteiger partial charge < -0.3 is 10.6 Å². The highest BCUT2D eigenvalue weighted by atomic mass is 16.1. The maximum atomic E-state index is 11.4. The molecule has 0 radical (unpaired) electrons. The SMILES string of the molecule is C=CC(=O)Nc1cccc(-c2cccc(Nc3cc(C)[nH]n3)n2)c1. The first kappa shape index (κ1) is 15.5. The van der Waals surface area contributed by atoms with Crippen molar-refractivity contribution in [3.63, 3.8) is 0 Å². The van der Waals surface area contributed by atoms with Crippen molar-refractivity contribution in [2.75, 3.05) is 10.6 Å². The molecule has 6 heteroatoms. The van der Waals surface area contributed by atoms with Gasteiger partial charge in [0.2, 0.25) is 5.91 Å². The molecule has 0 aliphatic carbocycles. The average molecular weight is 319 g/mol. The summed E-state index contributed by atoms with van der Waals surface area (Å²) in [4.78, 5) is 16.0. The highest BCUT2D eigenvalue weighted by Gasteiger charge is 2.05. The van der Waals surface area contributed by atoms with Crippen molar-refractivity contribution in [2.24, 2.45) is 0 Å². The van der Waals surface area contributed by atoms with Crippen molar-refractivity contribution >= 4 is 23.2 Å². The van der Waals surface area contributed by atoms with Gasteiger partial charge in [0.05, 0.1) is 5.69 Å². The standard InChI is InChI=1S/C18H17N5O/c1-3-18(24)19-14-7-4-6-13(11-14)15-8-5-9-16(20-15)21-17-10-12(2)22-23-17/h3-11H,1H2,2H3,(H,19,24)(H2,20,21,22,23). The molecular weight excluding hydrogens is 302 g/mol. The lowest BCUT2D eigenvalue weighted by Crippen LogP contribution is -2.07. The first-order valence-corrected chi connectivity index (χ1v) is 7.44. The lowest BCUT2D eigenvalue weighted by Gasteiger charge is -2.08. The average Bonchev–Trinajstić information content (AvgIpc) is 3.00. The second-order valence-corrected chi connectivity index (χ2v) is 5.24. The molecule has 0 bridgehead atoms. The third-order valence-corrected chi connectivity index (χ3v) is 3.32. The molecule has 0 saturated carbocycles. The minimum absolute atomic E-state index is 0.246. The molecule has 0 saturated heterocycles. The van der Waals surface area contributed by atoms with E-state index in [4.69, 9.17) is 0 Å². The summed E-state index contributed by atoms with van der Waals surface area (Å²) in [6.07, 6.45) is 1.24. The van der Waals surface area contributed by atoms with Gasteiger partial charge in [-0.05, 0) is 37.3 Å². The molecule has 3 rings (SSSR count). The van der Waals surface area contributed by atoms with E-state index in [0.717, 1.165) is 17.0 Å². The molecule has 2 heterocycles. The van der Waals surface area contributed by atoms with E-state index >= 15 is 0 Å². The molecule has 0 aliphatic heterocycles. The zero-order valence-electron chi connectivity index (χ0n) is 13.2. The van der Waals surface area contributed by atoms with E-state index in [1.807, 2.05) is 55.5 Å². The van der Waals surface area contributed by atoms with E-state index < -0.39 is 0 Å². The van der Waals surface area contributed by atoms with Crippen LogP contribution in [0, 0.1) is 6.92 Å². The predicted octanol–water partition coefficient (Wildman–Crippen LogP) is 3.65. The summed E-state index contributed by atoms with van der Waals surface area (Å²) in [5.41, 5.74) is 3.36. The van der Waals surface area contributed by atoms with Crippen LogP contribution in [0.15, 0.2) is 61.2 Å². The Morgan fingerprint density at radius 2 is 2.00 bits per heavy atom. The summed E-state index contributed by atoms with van der Waals surface area (Å²) in [5, 5.41) is 12.9. The Labute approximate surface area is 139 Å². The zero-order valence-corrected chi connectivity index (χ0v) is 13.2. The molecule has 3 aromatic rings. The number of pyridine rings is 1. The highest BCUT2D eigenvalue weighted by molar-refractivity contribution is 5.99. The van der Waals surface area contributed by atoms with Gasteiger partial charge in [0, 0.05) is 23.0 Å². The smallest absolute Gasteiger partial charge is 0.247 e. The fourth-order valence-electron chi connectivity index (χ4n) is 2.23. The van der Waals surface area contributed by atoms with Crippen LogP contribution in [0.25, 0.3) is 11.3 Å². The number of nitrogens with zero attached hydrogens (tertiary/aromatic N) is 2. The summed E-state index contributed by atoms with van der Waals surface area (Å²) in [5.74, 6) is 1.16. The van der Waals surface area contributed by atoms with Crippen molar-refractivity contribution < 1.29 is 4.79 Å². The van der Waals surface area contributed by atoms with Gasteiger partial charge in [0.25, 0.3) is 0 Å². The largest absolute Gasteiger partial charge is 0.323 e. The number of aromatic nitrogens is 3. The van der Waals surface area contributed by atoms with Crippen molar-refractivity contribution in [3.05, 3.63) is 66.9 Å². The Bertz CT molecular complexity index is 884. The number of amides is 1. The Hall–Kier alpha value is -3.41. The number of H-pyrrole nitrogens is 1. The van der Waals surface area contributed by atoms with Crippen LogP contribution in [0.2, 0.25) is 0 Å². The van der Waals surface area contributed by atoms with E-state index in [-0.39, 0.29) is 5.91 Å². The van der Waals surface area contributed by atoms with Crippen LogP contribution >= 0.6 is 0 Å². The number of aromatic amines is 1. The number of benzene rings is 1. The molecular formula is C18H17N5O. The normalized spacial score (nSPS) is 10.2. The number of hydrogen-bond donors (Lipinski definition) is 3. The molecule has 2 aromatic heterocycles. The van der Waals surface area contributed by atoms with E-state index in [0.29, 0.717) is 17.3 Å². The van der Waals surface area contributed by atoms with Gasteiger partial charge in [-0.1, -0.05) is 24.8 Å². The lowest BCUT2D eigenvalue weighted by molar-refractivity contribution is -0.111.